The molecular formula is C37H24ClNO. The Balaban J connectivity index is 1.41. The van der Waals surface area contributed by atoms with Gasteiger partial charge in [-0.3, -0.25) is 0 Å². The van der Waals surface area contributed by atoms with Gasteiger partial charge in [0.2, 0.25) is 0 Å². The highest BCUT2D eigenvalue weighted by atomic mass is 35.5. The highest BCUT2D eigenvalue weighted by molar-refractivity contribution is 6.33. The summed E-state index contributed by atoms with van der Waals surface area (Å²) in [6.45, 7) is 2.15. The molecular weight excluding hydrogens is 510 g/mol. The minimum Gasteiger partial charge on any atom is -0.456 e. The Hall–Kier alpha value is -4.79. The molecule has 3 heteroatoms. The fourth-order valence-corrected chi connectivity index (χ4v) is 6.29. The maximum Gasteiger partial charge on any atom is 0.135 e. The van der Waals surface area contributed by atoms with E-state index >= 15 is 0 Å². The van der Waals surface area contributed by atoms with Crippen molar-refractivity contribution < 1.29 is 4.42 Å². The second-order valence-electron chi connectivity index (χ2n) is 10.4. The molecule has 0 amide bonds. The molecule has 0 unspecified atom stereocenters. The van der Waals surface area contributed by atoms with Crippen LogP contribution in [0.5, 0.6) is 0 Å². The van der Waals surface area contributed by atoms with Crippen molar-refractivity contribution in [2.45, 2.75) is 6.92 Å². The van der Waals surface area contributed by atoms with E-state index in [4.69, 9.17) is 16.0 Å². The molecule has 40 heavy (non-hydrogen) atoms. The Morgan fingerprint density at radius 3 is 1.95 bits per heavy atom. The normalized spacial score (nSPS) is 12.2. The van der Waals surface area contributed by atoms with Gasteiger partial charge in [-0.2, -0.15) is 0 Å². The first-order chi connectivity index (χ1) is 19.7. The van der Waals surface area contributed by atoms with Crippen LogP contribution in [-0.2, 0) is 0 Å². The van der Waals surface area contributed by atoms with Crippen LogP contribution < -0.4 is 4.90 Å². The molecule has 8 rings (SSSR count). The van der Waals surface area contributed by atoms with Crippen molar-refractivity contribution in [1.82, 2.24) is 0 Å². The Kier molecular flexibility index (Phi) is 5.13. The number of fused-ring (bicyclic) bond motifs is 8. The lowest BCUT2D eigenvalue weighted by Crippen LogP contribution is -2.11. The zero-order valence-electron chi connectivity index (χ0n) is 21.9. The first-order valence-electron chi connectivity index (χ1n) is 13.5. The van der Waals surface area contributed by atoms with Crippen molar-refractivity contribution in [3.63, 3.8) is 0 Å². The number of anilines is 3. The van der Waals surface area contributed by atoms with E-state index in [1.54, 1.807) is 0 Å². The summed E-state index contributed by atoms with van der Waals surface area (Å²) < 4.78 is 6.10. The van der Waals surface area contributed by atoms with Crippen LogP contribution in [0.2, 0.25) is 5.02 Å². The Morgan fingerprint density at radius 2 is 1.12 bits per heavy atom. The van der Waals surface area contributed by atoms with E-state index in [-0.39, 0.29) is 0 Å². The summed E-state index contributed by atoms with van der Waals surface area (Å²) in [5.74, 6) is 0. The molecule has 0 spiro atoms. The molecule has 2 heterocycles. The molecule has 0 aliphatic carbocycles. The van der Waals surface area contributed by atoms with Gasteiger partial charge in [0, 0.05) is 21.9 Å². The Labute approximate surface area is 237 Å². The second-order valence-corrected chi connectivity index (χ2v) is 10.8. The van der Waals surface area contributed by atoms with E-state index in [2.05, 4.69) is 109 Å². The van der Waals surface area contributed by atoms with Gasteiger partial charge < -0.3 is 9.32 Å². The predicted octanol–water partition coefficient (Wildman–Crippen LogP) is 11.3. The minimum absolute atomic E-state index is 0.715. The summed E-state index contributed by atoms with van der Waals surface area (Å²) in [5, 5.41) is 2.98. The molecule has 0 bridgehead atoms. The fraction of sp³-hybridized carbons (Fsp3) is 0.0270. The third kappa shape index (κ3) is 3.50. The number of nitrogens with zero attached hydrogens (tertiary/aromatic N) is 1. The molecule has 1 aliphatic rings. The molecule has 190 valence electrons. The van der Waals surface area contributed by atoms with Crippen molar-refractivity contribution in [2.24, 2.45) is 0 Å². The topological polar surface area (TPSA) is 16.4 Å². The van der Waals surface area contributed by atoms with E-state index < -0.39 is 0 Å². The summed E-state index contributed by atoms with van der Waals surface area (Å²) >= 11 is 6.86. The lowest BCUT2D eigenvalue weighted by Gasteiger charge is -2.28. The number of hydrogen-bond acceptors (Lipinski definition) is 2. The number of benzene rings is 6. The summed E-state index contributed by atoms with van der Waals surface area (Å²) in [5.41, 5.74) is 13.3. The van der Waals surface area contributed by atoms with E-state index in [1.807, 2.05) is 30.3 Å². The average Bonchev–Trinajstić information content (AvgIpc) is 3.32. The molecule has 1 aromatic heterocycles. The van der Waals surface area contributed by atoms with Crippen LogP contribution in [0.15, 0.2) is 132 Å². The van der Waals surface area contributed by atoms with Crippen molar-refractivity contribution in [1.29, 1.82) is 0 Å². The second kappa shape index (κ2) is 8.87. The van der Waals surface area contributed by atoms with Crippen molar-refractivity contribution >= 4 is 50.6 Å². The lowest BCUT2D eigenvalue weighted by atomic mass is 9.92. The Morgan fingerprint density at radius 1 is 0.500 bits per heavy atom. The van der Waals surface area contributed by atoms with Gasteiger partial charge in [0.1, 0.15) is 11.2 Å². The Bertz CT molecular complexity index is 2100. The van der Waals surface area contributed by atoms with Gasteiger partial charge >= 0.3 is 0 Å². The van der Waals surface area contributed by atoms with Crippen LogP contribution in [0.4, 0.5) is 17.1 Å². The SMILES string of the molecule is Cc1ccc2c(c1)-c1ccccc1-c1cc(-c3ccc4oc5ccccc5c4c3)ccc1N2c1ccccc1Cl. The molecule has 0 saturated heterocycles. The zero-order chi connectivity index (χ0) is 26.8. The van der Waals surface area contributed by atoms with Crippen molar-refractivity contribution in [3.8, 4) is 33.4 Å². The standard InChI is InChI=1S/C37H24ClNO/c1-23-14-17-33-29(20-23)26-8-2-3-9-27(26)30-21-24(15-18-34(30)39(33)35-12-6-5-11-32(35)38)25-16-19-37-31(22-25)28-10-4-7-13-36(28)40-37/h2-22H,1H3. The number of para-hydroxylation sites is 2. The van der Waals surface area contributed by atoms with Crippen LogP contribution in [0.1, 0.15) is 5.56 Å². The van der Waals surface area contributed by atoms with Gasteiger partial charge in [0.05, 0.1) is 22.1 Å². The van der Waals surface area contributed by atoms with Crippen molar-refractivity contribution in [3.05, 3.63) is 138 Å². The lowest BCUT2D eigenvalue weighted by molar-refractivity contribution is 0.669. The molecule has 0 fully saturated rings. The number of hydrogen-bond donors (Lipinski definition) is 0. The van der Waals surface area contributed by atoms with E-state index in [0.29, 0.717) is 5.02 Å². The number of halogens is 1. The van der Waals surface area contributed by atoms with E-state index in [9.17, 15) is 0 Å². The first-order valence-corrected chi connectivity index (χ1v) is 13.8. The van der Waals surface area contributed by atoms with Crippen molar-refractivity contribution in [2.75, 3.05) is 4.90 Å². The summed E-state index contributed by atoms with van der Waals surface area (Å²) in [4.78, 5) is 2.31. The van der Waals surface area contributed by atoms with Gasteiger partial charge in [0.25, 0.3) is 0 Å². The highest BCUT2D eigenvalue weighted by Gasteiger charge is 2.27. The van der Waals surface area contributed by atoms with Gasteiger partial charge in [-0.15, -0.1) is 0 Å². The van der Waals surface area contributed by atoms with E-state index in [1.165, 1.54) is 27.8 Å². The zero-order valence-corrected chi connectivity index (χ0v) is 22.6. The van der Waals surface area contributed by atoms with Gasteiger partial charge in [-0.05, 0) is 83.8 Å². The largest absolute Gasteiger partial charge is 0.456 e. The van der Waals surface area contributed by atoms with E-state index in [0.717, 1.165) is 50.1 Å². The summed E-state index contributed by atoms with van der Waals surface area (Å²) in [6, 6.07) is 44.9. The van der Waals surface area contributed by atoms with Gasteiger partial charge in [-0.1, -0.05) is 90.0 Å². The average molecular weight is 534 g/mol. The quantitative estimate of drug-likeness (QED) is 0.220. The smallest absolute Gasteiger partial charge is 0.135 e. The number of rotatable bonds is 2. The number of aryl methyl sites for hydroxylation is 1. The molecule has 7 aromatic rings. The molecule has 2 nitrogen and oxygen atoms in total. The number of furan rings is 1. The van der Waals surface area contributed by atoms with Crippen LogP contribution in [0.3, 0.4) is 0 Å². The highest BCUT2D eigenvalue weighted by Crippen LogP contribution is 2.52. The van der Waals surface area contributed by atoms with Crippen LogP contribution in [-0.4, -0.2) is 0 Å². The summed E-state index contributed by atoms with van der Waals surface area (Å²) in [7, 11) is 0. The molecule has 0 atom stereocenters. The summed E-state index contributed by atoms with van der Waals surface area (Å²) in [6.07, 6.45) is 0. The molecule has 0 radical (unpaired) electrons. The molecule has 0 saturated carbocycles. The van der Waals surface area contributed by atoms with Gasteiger partial charge in [-0.25, -0.2) is 0 Å². The monoisotopic (exact) mass is 533 g/mol. The third-order valence-electron chi connectivity index (χ3n) is 7.94. The third-order valence-corrected chi connectivity index (χ3v) is 8.26. The van der Waals surface area contributed by atoms with Gasteiger partial charge in [0.15, 0.2) is 0 Å². The minimum atomic E-state index is 0.715. The molecule has 6 aromatic carbocycles. The maximum atomic E-state index is 6.86. The molecule has 1 aliphatic heterocycles. The predicted molar refractivity (Wildman–Crippen MR) is 168 cm³/mol. The van der Waals surface area contributed by atoms with Crippen LogP contribution >= 0.6 is 11.6 Å². The van der Waals surface area contributed by atoms with Crippen LogP contribution in [0, 0.1) is 6.92 Å². The fourth-order valence-electron chi connectivity index (χ4n) is 6.07. The maximum absolute atomic E-state index is 6.86. The van der Waals surface area contributed by atoms with Crippen LogP contribution in [0.25, 0.3) is 55.3 Å². The first kappa shape index (κ1) is 23.1. The molecule has 0 N–H and O–H groups in total.